The van der Waals surface area contributed by atoms with Gasteiger partial charge in [0, 0.05) is 11.5 Å². The van der Waals surface area contributed by atoms with Gasteiger partial charge in [0.05, 0.1) is 0 Å². The van der Waals surface area contributed by atoms with Gasteiger partial charge >= 0.3 is 5.97 Å². The first kappa shape index (κ1) is 15.9. The fourth-order valence-electron chi connectivity index (χ4n) is 1.51. The lowest BCUT2D eigenvalue weighted by atomic mass is 9.93. The molecule has 1 atom stereocenters. The normalized spacial score (nSPS) is 12.8. The van der Waals surface area contributed by atoms with Crippen molar-refractivity contribution in [3.05, 3.63) is 30.2 Å². The summed E-state index contributed by atoms with van der Waals surface area (Å²) in [5.41, 5.74) is -0.180. The van der Waals surface area contributed by atoms with Gasteiger partial charge in [-0.2, -0.15) is 0 Å². The maximum Gasteiger partial charge on any atom is 0.326 e. The van der Waals surface area contributed by atoms with Crippen molar-refractivity contribution in [3.63, 3.8) is 0 Å². The van der Waals surface area contributed by atoms with Crippen LogP contribution in [0.2, 0.25) is 0 Å². The van der Waals surface area contributed by atoms with E-state index in [2.05, 4.69) is 17.1 Å². The van der Waals surface area contributed by atoms with Gasteiger partial charge in [-0.3, -0.25) is 4.79 Å². The van der Waals surface area contributed by atoms with Gasteiger partial charge in [0.25, 0.3) is 5.91 Å². The molecule has 0 spiro atoms. The number of hydrogen-bond donors (Lipinski definition) is 2. The summed E-state index contributed by atoms with van der Waals surface area (Å²) in [6.45, 7) is 9.32. The van der Waals surface area contributed by atoms with Crippen molar-refractivity contribution in [1.82, 2.24) is 10.5 Å². The molecule has 0 aliphatic carbocycles. The summed E-state index contributed by atoms with van der Waals surface area (Å²) in [6, 6.07) is 0.567. The van der Waals surface area contributed by atoms with Crippen LogP contribution in [0.5, 0.6) is 0 Å². The second-order valence-electron chi connectivity index (χ2n) is 5.56. The summed E-state index contributed by atoms with van der Waals surface area (Å²) in [4.78, 5) is 23.0. The van der Waals surface area contributed by atoms with Gasteiger partial charge in [-0.05, 0) is 12.8 Å². The van der Waals surface area contributed by atoms with E-state index in [1.165, 1.54) is 6.07 Å². The van der Waals surface area contributed by atoms with Gasteiger partial charge in [0.15, 0.2) is 5.69 Å². The average molecular weight is 280 g/mol. The predicted octanol–water partition coefficient (Wildman–Crippen LogP) is 2.12. The molecule has 1 aromatic heterocycles. The highest BCUT2D eigenvalue weighted by atomic mass is 16.5. The second-order valence-corrected chi connectivity index (χ2v) is 5.56. The molecule has 0 aliphatic rings. The number of carbonyl (C=O) groups excluding carboxylic acids is 1. The number of carboxylic acid groups (broad SMARTS) is 1. The zero-order valence-electron chi connectivity index (χ0n) is 12.0. The molecule has 0 aliphatic heterocycles. The van der Waals surface area contributed by atoms with E-state index >= 15 is 0 Å². The van der Waals surface area contributed by atoms with Crippen LogP contribution < -0.4 is 5.32 Å². The number of amides is 1. The number of hydrogen-bond acceptors (Lipinski definition) is 4. The Morgan fingerprint density at radius 1 is 1.55 bits per heavy atom. The molecule has 0 radical (unpaired) electrons. The first-order chi connectivity index (χ1) is 9.25. The minimum atomic E-state index is -1.08. The Balaban J connectivity index is 2.76. The first-order valence-corrected chi connectivity index (χ1v) is 6.37. The van der Waals surface area contributed by atoms with Crippen molar-refractivity contribution in [3.8, 4) is 0 Å². The summed E-state index contributed by atoms with van der Waals surface area (Å²) in [6.07, 6.45) is 2.40. The van der Waals surface area contributed by atoms with E-state index in [1.54, 1.807) is 6.08 Å². The molecule has 0 aromatic carbocycles. The van der Waals surface area contributed by atoms with Crippen molar-refractivity contribution in [2.45, 2.75) is 45.1 Å². The molecule has 1 heterocycles. The Hall–Kier alpha value is -2.11. The van der Waals surface area contributed by atoms with E-state index in [0.717, 1.165) is 0 Å². The zero-order chi connectivity index (χ0) is 15.3. The van der Waals surface area contributed by atoms with Gasteiger partial charge in [-0.15, -0.1) is 6.58 Å². The van der Waals surface area contributed by atoms with Crippen LogP contribution in [-0.2, 0) is 10.2 Å². The molecule has 110 valence electrons. The third-order valence-corrected chi connectivity index (χ3v) is 2.74. The van der Waals surface area contributed by atoms with E-state index in [1.807, 2.05) is 20.8 Å². The van der Waals surface area contributed by atoms with E-state index in [4.69, 9.17) is 9.63 Å². The lowest BCUT2D eigenvalue weighted by Crippen LogP contribution is -2.40. The monoisotopic (exact) mass is 280 g/mol. The molecule has 1 rings (SSSR count). The summed E-state index contributed by atoms with van der Waals surface area (Å²) >= 11 is 0. The van der Waals surface area contributed by atoms with E-state index in [0.29, 0.717) is 12.2 Å². The maximum absolute atomic E-state index is 11.9. The summed E-state index contributed by atoms with van der Waals surface area (Å²) in [5, 5.41) is 15.1. The molecule has 0 saturated carbocycles. The van der Waals surface area contributed by atoms with Crippen molar-refractivity contribution >= 4 is 11.9 Å². The Bertz CT molecular complexity index is 500. The number of carboxylic acids is 1. The van der Waals surface area contributed by atoms with Crippen molar-refractivity contribution < 1.29 is 19.2 Å². The Morgan fingerprint density at radius 3 is 2.65 bits per heavy atom. The smallest absolute Gasteiger partial charge is 0.326 e. The first-order valence-electron chi connectivity index (χ1n) is 6.37. The maximum atomic E-state index is 11.9. The van der Waals surface area contributed by atoms with Crippen molar-refractivity contribution in [1.29, 1.82) is 0 Å². The van der Waals surface area contributed by atoms with Crippen LogP contribution in [0, 0.1) is 0 Å². The number of carbonyl (C=O) groups is 2. The Labute approximate surface area is 117 Å². The minimum absolute atomic E-state index is 0.0831. The summed E-state index contributed by atoms with van der Waals surface area (Å²) < 4.78 is 5.10. The van der Waals surface area contributed by atoms with Gasteiger partial charge in [0.1, 0.15) is 11.8 Å². The highest BCUT2D eigenvalue weighted by molar-refractivity contribution is 5.94. The standard InChI is InChI=1S/C14H20N2O4/c1-5-6-7-9(13(18)19)15-12(17)10-8-11(20-16-10)14(2,3)4/h5,8-9H,1,6-7H2,2-4H3,(H,15,17)(H,18,19). The molecular formula is C14H20N2O4. The van der Waals surface area contributed by atoms with Crippen LogP contribution in [0.25, 0.3) is 0 Å². The van der Waals surface area contributed by atoms with Gasteiger partial charge in [-0.25, -0.2) is 4.79 Å². The van der Waals surface area contributed by atoms with Crippen LogP contribution in [-0.4, -0.2) is 28.2 Å². The quantitative estimate of drug-likeness (QED) is 0.779. The molecule has 6 heteroatoms. The molecule has 6 nitrogen and oxygen atoms in total. The number of allylic oxidation sites excluding steroid dienone is 1. The number of aromatic nitrogens is 1. The molecule has 0 bridgehead atoms. The van der Waals surface area contributed by atoms with E-state index in [-0.39, 0.29) is 17.5 Å². The summed E-state index contributed by atoms with van der Waals surface area (Å²) in [7, 11) is 0. The van der Waals surface area contributed by atoms with Crippen LogP contribution in [0.4, 0.5) is 0 Å². The van der Waals surface area contributed by atoms with E-state index < -0.39 is 17.9 Å². The topological polar surface area (TPSA) is 92.4 Å². The number of nitrogens with zero attached hydrogens (tertiary/aromatic N) is 1. The molecule has 2 N–H and O–H groups in total. The SMILES string of the molecule is C=CCCC(NC(=O)c1cc(C(C)(C)C)on1)C(=O)O. The second kappa shape index (κ2) is 6.36. The lowest BCUT2D eigenvalue weighted by Gasteiger charge is -2.12. The fourth-order valence-corrected chi connectivity index (χ4v) is 1.51. The molecule has 1 amide bonds. The molecule has 0 saturated heterocycles. The highest BCUT2D eigenvalue weighted by Gasteiger charge is 2.25. The van der Waals surface area contributed by atoms with Crippen LogP contribution in [0.1, 0.15) is 49.9 Å². The van der Waals surface area contributed by atoms with Crippen molar-refractivity contribution in [2.24, 2.45) is 0 Å². The van der Waals surface area contributed by atoms with Gasteiger partial charge < -0.3 is 14.9 Å². The van der Waals surface area contributed by atoms with Gasteiger partial charge in [-0.1, -0.05) is 32.0 Å². The molecule has 20 heavy (non-hydrogen) atoms. The summed E-state index contributed by atoms with van der Waals surface area (Å²) in [5.74, 6) is -1.07. The highest BCUT2D eigenvalue weighted by Crippen LogP contribution is 2.22. The van der Waals surface area contributed by atoms with Crippen LogP contribution >= 0.6 is 0 Å². The number of aliphatic carboxylic acids is 1. The largest absolute Gasteiger partial charge is 0.480 e. The van der Waals surface area contributed by atoms with Crippen LogP contribution in [0.15, 0.2) is 23.2 Å². The van der Waals surface area contributed by atoms with Gasteiger partial charge in [0.2, 0.25) is 0 Å². The third-order valence-electron chi connectivity index (χ3n) is 2.74. The van der Waals surface area contributed by atoms with Crippen molar-refractivity contribution in [2.75, 3.05) is 0 Å². The average Bonchev–Trinajstić information content (AvgIpc) is 2.83. The predicted molar refractivity (Wildman–Crippen MR) is 73.5 cm³/mol. The Kier molecular flexibility index (Phi) is 5.07. The lowest BCUT2D eigenvalue weighted by molar-refractivity contribution is -0.139. The third kappa shape index (κ3) is 4.22. The zero-order valence-corrected chi connectivity index (χ0v) is 12.0. The molecule has 1 aromatic rings. The Morgan fingerprint density at radius 2 is 2.20 bits per heavy atom. The molecule has 1 unspecified atom stereocenters. The fraction of sp³-hybridized carbons (Fsp3) is 0.500. The molecule has 0 fully saturated rings. The minimum Gasteiger partial charge on any atom is -0.480 e. The number of nitrogens with one attached hydrogen (secondary N) is 1. The van der Waals surface area contributed by atoms with E-state index in [9.17, 15) is 9.59 Å². The molecular weight excluding hydrogens is 260 g/mol. The van der Waals surface area contributed by atoms with Crippen LogP contribution in [0.3, 0.4) is 0 Å². The number of rotatable bonds is 6.